The van der Waals surface area contributed by atoms with Gasteiger partial charge in [0.05, 0.1) is 0 Å². The minimum atomic E-state index is 0.312. The van der Waals surface area contributed by atoms with Gasteiger partial charge >= 0.3 is 0 Å². The smallest absolute Gasteiger partial charge is 0.0471 e. The van der Waals surface area contributed by atoms with Gasteiger partial charge in [-0.15, -0.1) is 0 Å². The Balaban J connectivity index is 1.72. The summed E-state index contributed by atoms with van der Waals surface area (Å²) in [5.74, 6) is 0.445. The third kappa shape index (κ3) is 3.69. The van der Waals surface area contributed by atoms with E-state index in [0.29, 0.717) is 12.5 Å². The Morgan fingerprint density at radius 1 is 1.19 bits per heavy atom. The molecule has 21 heavy (non-hydrogen) atoms. The summed E-state index contributed by atoms with van der Waals surface area (Å²) in [7, 11) is 0. The first kappa shape index (κ1) is 14.2. The molecule has 0 bridgehead atoms. The lowest BCUT2D eigenvalue weighted by Crippen LogP contribution is -2.36. The average molecular weight is 282 g/mol. The zero-order chi connectivity index (χ0) is 14.5. The van der Waals surface area contributed by atoms with Crippen LogP contribution in [-0.4, -0.2) is 34.7 Å². The Morgan fingerprint density at radius 3 is 2.90 bits per heavy atom. The van der Waals surface area contributed by atoms with E-state index in [1.807, 2.05) is 12.3 Å². The van der Waals surface area contributed by atoms with Gasteiger partial charge in [-0.25, -0.2) is 0 Å². The van der Waals surface area contributed by atoms with Gasteiger partial charge in [0.1, 0.15) is 0 Å². The van der Waals surface area contributed by atoms with Crippen LogP contribution < -0.4 is 0 Å². The van der Waals surface area contributed by atoms with Crippen molar-refractivity contribution in [1.82, 2.24) is 9.88 Å². The van der Waals surface area contributed by atoms with E-state index in [0.717, 1.165) is 31.6 Å². The summed E-state index contributed by atoms with van der Waals surface area (Å²) >= 11 is 0. The van der Waals surface area contributed by atoms with Crippen molar-refractivity contribution in [2.45, 2.75) is 19.4 Å². The van der Waals surface area contributed by atoms with Gasteiger partial charge in [-0.2, -0.15) is 0 Å². The van der Waals surface area contributed by atoms with Crippen LogP contribution in [0.5, 0.6) is 0 Å². The van der Waals surface area contributed by atoms with Crippen LogP contribution in [0.2, 0.25) is 0 Å². The minimum absolute atomic E-state index is 0.312. The van der Waals surface area contributed by atoms with Gasteiger partial charge in [-0.1, -0.05) is 24.3 Å². The molecule has 0 saturated carbocycles. The van der Waals surface area contributed by atoms with Crippen molar-refractivity contribution >= 4 is 0 Å². The number of piperidine rings is 1. The normalized spacial score (nSPS) is 19.6. The molecule has 2 heterocycles. The van der Waals surface area contributed by atoms with Crippen LogP contribution in [0.1, 0.15) is 18.4 Å². The molecule has 1 atom stereocenters. The SMILES string of the molecule is OCC1CCCN(Cc2cccc(-c3cccnc3)c2)C1. The largest absolute Gasteiger partial charge is 0.396 e. The first-order chi connectivity index (χ1) is 10.3. The van der Waals surface area contributed by atoms with Crippen LogP contribution in [0, 0.1) is 5.92 Å². The molecule has 0 spiro atoms. The highest BCUT2D eigenvalue weighted by Gasteiger charge is 2.19. The second-order valence-corrected chi connectivity index (χ2v) is 5.87. The Hall–Kier alpha value is -1.71. The fourth-order valence-corrected chi connectivity index (χ4v) is 3.08. The van der Waals surface area contributed by atoms with E-state index in [2.05, 4.69) is 40.2 Å². The van der Waals surface area contributed by atoms with Crippen LogP contribution in [0.3, 0.4) is 0 Å². The first-order valence-corrected chi connectivity index (χ1v) is 7.67. The Morgan fingerprint density at radius 2 is 2.10 bits per heavy atom. The van der Waals surface area contributed by atoms with Crippen LogP contribution >= 0.6 is 0 Å². The molecule has 1 saturated heterocycles. The second-order valence-electron chi connectivity index (χ2n) is 5.87. The number of aromatic nitrogens is 1. The van der Waals surface area contributed by atoms with E-state index in [9.17, 15) is 5.11 Å². The van der Waals surface area contributed by atoms with Crippen molar-refractivity contribution in [2.75, 3.05) is 19.7 Å². The van der Waals surface area contributed by atoms with Crippen molar-refractivity contribution in [3.05, 3.63) is 54.4 Å². The summed E-state index contributed by atoms with van der Waals surface area (Å²) in [4.78, 5) is 6.64. The number of hydrogen-bond acceptors (Lipinski definition) is 3. The minimum Gasteiger partial charge on any atom is -0.396 e. The van der Waals surface area contributed by atoms with Crippen molar-refractivity contribution < 1.29 is 5.11 Å². The number of rotatable bonds is 4. The predicted molar refractivity (Wildman–Crippen MR) is 84.8 cm³/mol. The van der Waals surface area contributed by atoms with Crippen molar-refractivity contribution in [3.8, 4) is 11.1 Å². The molecule has 110 valence electrons. The first-order valence-electron chi connectivity index (χ1n) is 7.67. The molecule has 0 radical (unpaired) electrons. The summed E-state index contributed by atoms with van der Waals surface area (Å²) in [6.45, 7) is 3.41. The lowest BCUT2D eigenvalue weighted by molar-refractivity contribution is 0.116. The standard InChI is InChI=1S/C18H22N2O/c21-14-16-5-3-9-20(13-16)12-15-4-1-6-17(10-15)18-7-2-8-19-11-18/h1-2,4,6-8,10-11,16,21H,3,5,9,12-14H2. The maximum atomic E-state index is 9.33. The van der Waals surface area contributed by atoms with E-state index in [1.165, 1.54) is 17.5 Å². The second kappa shape index (κ2) is 6.83. The average Bonchev–Trinajstić information content (AvgIpc) is 2.56. The van der Waals surface area contributed by atoms with Gasteiger partial charge in [-0.3, -0.25) is 9.88 Å². The number of aliphatic hydroxyl groups is 1. The lowest BCUT2D eigenvalue weighted by Gasteiger charge is -2.31. The maximum absolute atomic E-state index is 9.33. The van der Waals surface area contributed by atoms with Crippen molar-refractivity contribution in [3.63, 3.8) is 0 Å². The van der Waals surface area contributed by atoms with E-state index >= 15 is 0 Å². The van der Waals surface area contributed by atoms with Gasteiger partial charge in [-0.05, 0) is 54.1 Å². The molecule has 1 N–H and O–H groups in total. The third-order valence-corrected chi connectivity index (χ3v) is 4.19. The lowest BCUT2D eigenvalue weighted by atomic mass is 9.98. The molecule has 3 rings (SSSR count). The highest BCUT2D eigenvalue weighted by Crippen LogP contribution is 2.22. The topological polar surface area (TPSA) is 36.4 Å². The molecule has 3 heteroatoms. The zero-order valence-electron chi connectivity index (χ0n) is 12.3. The molecule has 1 fully saturated rings. The summed E-state index contributed by atoms with van der Waals surface area (Å²) in [6, 6.07) is 12.7. The number of nitrogens with zero attached hydrogens (tertiary/aromatic N) is 2. The highest BCUT2D eigenvalue weighted by molar-refractivity contribution is 5.62. The summed E-state index contributed by atoms with van der Waals surface area (Å²) in [5, 5.41) is 9.33. The van der Waals surface area contributed by atoms with E-state index in [1.54, 1.807) is 6.20 Å². The monoisotopic (exact) mass is 282 g/mol. The van der Waals surface area contributed by atoms with Gasteiger partial charge in [0.25, 0.3) is 0 Å². The summed E-state index contributed by atoms with van der Waals surface area (Å²) in [5.41, 5.74) is 3.71. The molecule has 1 aromatic carbocycles. The highest BCUT2D eigenvalue weighted by atomic mass is 16.3. The van der Waals surface area contributed by atoms with Crippen LogP contribution in [0.15, 0.2) is 48.8 Å². The van der Waals surface area contributed by atoms with Crippen LogP contribution in [0.4, 0.5) is 0 Å². The quantitative estimate of drug-likeness (QED) is 0.936. The number of benzene rings is 1. The van der Waals surface area contributed by atoms with E-state index in [4.69, 9.17) is 0 Å². The van der Waals surface area contributed by atoms with Gasteiger partial charge < -0.3 is 5.11 Å². The zero-order valence-corrected chi connectivity index (χ0v) is 12.3. The number of likely N-dealkylation sites (tertiary alicyclic amines) is 1. The van der Waals surface area contributed by atoms with Crippen LogP contribution in [0.25, 0.3) is 11.1 Å². The molecule has 2 aromatic rings. The predicted octanol–water partition coefficient (Wildman–Crippen LogP) is 2.95. The molecule has 1 aliphatic heterocycles. The third-order valence-electron chi connectivity index (χ3n) is 4.19. The number of hydrogen-bond donors (Lipinski definition) is 1. The molecule has 1 aliphatic rings. The maximum Gasteiger partial charge on any atom is 0.0471 e. The fourth-order valence-electron chi connectivity index (χ4n) is 3.08. The summed E-state index contributed by atoms with van der Waals surface area (Å²) < 4.78 is 0. The van der Waals surface area contributed by atoms with Crippen molar-refractivity contribution in [2.24, 2.45) is 5.92 Å². The number of pyridine rings is 1. The van der Waals surface area contributed by atoms with Crippen LogP contribution in [-0.2, 0) is 6.54 Å². The Bertz CT molecular complexity index is 570. The molecule has 3 nitrogen and oxygen atoms in total. The Labute approximate surface area is 126 Å². The molecule has 1 aromatic heterocycles. The van der Waals surface area contributed by atoms with Gasteiger partial charge in [0.15, 0.2) is 0 Å². The van der Waals surface area contributed by atoms with Gasteiger partial charge in [0.2, 0.25) is 0 Å². The van der Waals surface area contributed by atoms with Gasteiger partial charge in [0, 0.05) is 32.1 Å². The Kier molecular flexibility index (Phi) is 4.63. The van der Waals surface area contributed by atoms with E-state index < -0.39 is 0 Å². The number of aliphatic hydroxyl groups excluding tert-OH is 1. The fraction of sp³-hybridized carbons (Fsp3) is 0.389. The molecule has 0 amide bonds. The molecular weight excluding hydrogens is 260 g/mol. The molecular formula is C18H22N2O. The van der Waals surface area contributed by atoms with E-state index in [-0.39, 0.29) is 0 Å². The van der Waals surface area contributed by atoms with Crippen molar-refractivity contribution in [1.29, 1.82) is 0 Å². The summed E-state index contributed by atoms with van der Waals surface area (Å²) in [6.07, 6.45) is 6.05. The molecule has 1 unspecified atom stereocenters. The molecule has 0 aliphatic carbocycles.